The lowest BCUT2D eigenvalue weighted by molar-refractivity contribution is 0.725. The summed E-state index contributed by atoms with van der Waals surface area (Å²) in [4.78, 5) is 2.34. The topological polar surface area (TPSA) is 15.3 Å². The van der Waals surface area contributed by atoms with Crippen LogP contribution in [0.2, 0.25) is 0 Å². The SMILES string of the molecule is CCNCc1ccc(Br)cc1N(CC)c1ccccc1. The first-order valence-corrected chi connectivity index (χ1v) is 7.87. The summed E-state index contributed by atoms with van der Waals surface area (Å²) in [5, 5.41) is 3.41. The molecule has 0 aliphatic heterocycles. The van der Waals surface area contributed by atoms with Crippen molar-refractivity contribution in [3.05, 3.63) is 58.6 Å². The molecular formula is C17H21BrN2. The van der Waals surface area contributed by atoms with E-state index in [0.717, 1.165) is 24.1 Å². The Morgan fingerprint density at radius 2 is 1.80 bits per heavy atom. The second-order valence-electron chi connectivity index (χ2n) is 4.63. The molecule has 2 rings (SSSR count). The number of para-hydroxylation sites is 1. The standard InChI is InChI=1S/C17H21BrN2/c1-3-19-13-14-10-11-15(18)12-17(14)20(4-2)16-8-6-5-7-9-16/h5-12,19H,3-4,13H2,1-2H3. The average Bonchev–Trinajstić information content (AvgIpc) is 2.48. The highest BCUT2D eigenvalue weighted by molar-refractivity contribution is 9.10. The van der Waals surface area contributed by atoms with E-state index in [9.17, 15) is 0 Å². The number of hydrogen-bond donors (Lipinski definition) is 1. The van der Waals surface area contributed by atoms with Gasteiger partial charge in [0.15, 0.2) is 0 Å². The molecule has 3 heteroatoms. The maximum atomic E-state index is 3.59. The van der Waals surface area contributed by atoms with Gasteiger partial charge in [-0.2, -0.15) is 0 Å². The summed E-state index contributed by atoms with van der Waals surface area (Å²) in [6, 6.07) is 17.0. The van der Waals surface area contributed by atoms with Crippen LogP contribution in [-0.4, -0.2) is 13.1 Å². The summed E-state index contributed by atoms with van der Waals surface area (Å²) in [7, 11) is 0. The van der Waals surface area contributed by atoms with Crippen molar-refractivity contribution in [2.24, 2.45) is 0 Å². The quantitative estimate of drug-likeness (QED) is 0.823. The second kappa shape index (κ2) is 7.46. The number of hydrogen-bond acceptors (Lipinski definition) is 2. The maximum absolute atomic E-state index is 3.59. The first-order chi connectivity index (χ1) is 9.76. The fourth-order valence-corrected chi connectivity index (χ4v) is 2.65. The molecule has 0 radical (unpaired) electrons. The molecule has 0 fully saturated rings. The van der Waals surface area contributed by atoms with Gasteiger partial charge in [0.05, 0.1) is 0 Å². The van der Waals surface area contributed by atoms with Crippen LogP contribution in [0.3, 0.4) is 0 Å². The molecule has 106 valence electrons. The summed E-state index contributed by atoms with van der Waals surface area (Å²) in [5.41, 5.74) is 3.81. The number of anilines is 2. The van der Waals surface area contributed by atoms with Crippen molar-refractivity contribution < 1.29 is 0 Å². The first kappa shape index (κ1) is 15.1. The van der Waals surface area contributed by atoms with Crippen molar-refractivity contribution in [1.29, 1.82) is 0 Å². The van der Waals surface area contributed by atoms with E-state index < -0.39 is 0 Å². The van der Waals surface area contributed by atoms with Gasteiger partial charge >= 0.3 is 0 Å². The van der Waals surface area contributed by atoms with Crippen LogP contribution in [0.15, 0.2) is 53.0 Å². The highest BCUT2D eigenvalue weighted by Gasteiger charge is 2.12. The smallest absolute Gasteiger partial charge is 0.0467 e. The number of benzene rings is 2. The Balaban J connectivity index is 2.40. The zero-order valence-corrected chi connectivity index (χ0v) is 13.7. The van der Waals surface area contributed by atoms with Gasteiger partial charge in [-0.3, -0.25) is 0 Å². The molecular weight excluding hydrogens is 312 g/mol. The molecule has 0 atom stereocenters. The molecule has 0 aromatic heterocycles. The van der Waals surface area contributed by atoms with Gasteiger partial charge in [0.1, 0.15) is 0 Å². The highest BCUT2D eigenvalue weighted by Crippen LogP contribution is 2.31. The third-order valence-electron chi connectivity index (χ3n) is 3.29. The summed E-state index contributed by atoms with van der Waals surface area (Å²) in [6.07, 6.45) is 0. The van der Waals surface area contributed by atoms with Crippen molar-refractivity contribution in [2.75, 3.05) is 18.0 Å². The van der Waals surface area contributed by atoms with Gasteiger partial charge in [-0.05, 0) is 43.3 Å². The lowest BCUT2D eigenvalue weighted by Crippen LogP contribution is -2.20. The number of rotatable bonds is 6. The van der Waals surface area contributed by atoms with Gasteiger partial charge in [-0.15, -0.1) is 0 Å². The minimum atomic E-state index is 0.891. The molecule has 0 heterocycles. The predicted octanol–water partition coefficient (Wildman–Crippen LogP) is 4.72. The van der Waals surface area contributed by atoms with E-state index in [-0.39, 0.29) is 0 Å². The molecule has 0 spiro atoms. The van der Waals surface area contributed by atoms with Gasteiger partial charge in [0, 0.05) is 28.9 Å². The summed E-state index contributed by atoms with van der Waals surface area (Å²) >= 11 is 3.59. The third kappa shape index (κ3) is 3.62. The van der Waals surface area contributed by atoms with Crippen LogP contribution >= 0.6 is 15.9 Å². The first-order valence-electron chi connectivity index (χ1n) is 7.08. The molecule has 0 aliphatic rings. The lowest BCUT2D eigenvalue weighted by Gasteiger charge is -2.26. The number of halogens is 1. The number of nitrogens with zero attached hydrogens (tertiary/aromatic N) is 1. The van der Waals surface area contributed by atoms with Crippen LogP contribution in [0.1, 0.15) is 19.4 Å². The summed E-state index contributed by atoms with van der Waals surface area (Å²) in [6.45, 7) is 7.13. The average molecular weight is 333 g/mol. The molecule has 0 saturated heterocycles. The fraction of sp³-hybridized carbons (Fsp3) is 0.294. The molecule has 0 unspecified atom stereocenters. The van der Waals surface area contributed by atoms with E-state index in [1.54, 1.807) is 0 Å². The third-order valence-corrected chi connectivity index (χ3v) is 3.78. The molecule has 0 amide bonds. The Morgan fingerprint density at radius 1 is 1.05 bits per heavy atom. The monoisotopic (exact) mass is 332 g/mol. The highest BCUT2D eigenvalue weighted by atomic mass is 79.9. The van der Waals surface area contributed by atoms with Crippen LogP contribution in [-0.2, 0) is 6.54 Å². The Bertz CT molecular complexity index is 540. The van der Waals surface area contributed by atoms with Crippen molar-refractivity contribution in [1.82, 2.24) is 5.32 Å². The van der Waals surface area contributed by atoms with Gasteiger partial charge in [-0.25, -0.2) is 0 Å². The zero-order chi connectivity index (χ0) is 14.4. The maximum Gasteiger partial charge on any atom is 0.0467 e. The Hall–Kier alpha value is -1.32. The minimum Gasteiger partial charge on any atom is -0.341 e. The van der Waals surface area contributed by atoms with E-state index >= 15 is 0 Å². The van der Waals surface area contributed by atoms with Crippen molar-refractivity contribution >= 4 is 27.3 Å². The predicted molar refractivity (Wildman–Crippen MR) is 90.6 cm³/mol. The molecule has 0 bridgehead atoms. The van der Waals surface area contributed by atoms with E-state index in [1.807, 2.05) is 0 Å². The van der Waals surface area contributed by atoms with Crippen LogP contribution in [0.5, 0.6) is 0 Å². The largest absolute Gasteiger partial charge is 0.341 e. The van der Waals surface area contributed by atoms with E-state index in [4.69, 9.17) is 0 Å². The molecule has 0 aliphatic carbocycles. The molecule has 20 heavy (non-hydrogen) atoms. The second-order valence-corrected chi connectivity index (χ2v) is 5.55. The van der Waals surface area contributed by atoms with Crippen molar-refractivity contribution in [3.8, 4) is 0 Å². The zero-order valence-electron chi connectivity index (χ0n) is 12.1. The van der Waals surface area contributed by atoms with E-state index in [1.165, 1.54) is 16.9 Å². The lowest BCUT2D eigenvalue weighted by atomic mass is 10.1. The minimum absolute atomic E-state index is 0.891. The molecule has 1 N–H and O–H groups in total. The molecule has 0 saturated carbocycles. The van der Waals surface area contributed by atoms with Gasteiger partial charge in [-0.1, -0.05) is 47.1 Å². The summed E-state index contributed by atoms with van der Waals surface area (Å²) in [5.74, 6) is 0. The Labute approximate surface area is 129 Å². The van der Waals surface area contributed by atoms with Crippen LogP contribution in [0, 0.1) is 0 Å². The van der Waals surface area contributed by atoms with Crippen LogP contribution in [0.25, 0.3) is 0 Å². The van der Waals surface area contributed by atoms with Crippen LogP contribution < -0.4 is 10.2 Å². The molecule has 2 nitrogen and oxygen atoms in total. The Morgan fingerprint density at radius 3 is 2.45 bits per heavy atom. The van der Waals surface area contributed by atoms with Gasteiger partial charge < -0.3 is 10.2 Å². The van der Waals surface area contributed by atoms with Gasteiger partial charge in [0.2, 0.25) is 0 Å². The normalized spacial score (nSPS) is 10.6. The van der Waals surface area contributed by atoms with Crippen LogP contribution in [0.4, 0.5) is 11.4 Å². The van der Waals surface area contributed by atoms with Crippen molar-refractivity contribution in [2.45, 2.75) is 20.4 Å². The molecule has 2 aromatic carbocycles. The fourth-order valence-electron chi connectivity index (χ4n) is 2.30. The Kier molecular flexibility index (Phi) is 5.62. The summed E-state index contributed by atoms with van der Waals surface area (Å²) < 4.78 is 1.11. The van der Waals surface area contributed by atoms with Gasteiger partial charge in [0.25, 0.3) is 0 Å². The molecule has 2 aromatic rings. The van der Waals surface area contributed by atoms with E-state index in [2.05, 4.69) is 88.5 Å². The van der Waals surface area contributed by atoms with Crippen molar-refractivity contribution in [3.63, 3.8) is 0 Å². The number of nitrogens with one attached hydrogen (secondary N) is 1. The van der Waals surface area contributed by atoms with E-state index in [0.29, 0.717) is 0 Å².